The monoisotopic (exact) mass is 899 g/mol. The van der Waals surface area contributed by atoms with Gasteiger partial charge in [0.05, 0.1) is 19.8 Å². The maximum atomic E-state index is 12.8. The topological polar surface area (TPSA) is 135 Å². The first-order valence-corrected chi connectivity index (χ1v) is 25.7. The van der Waals surface area contributed by atoms with Crippen molar-refractivity contribution in [3.63, 3.8) is 0 Å². The van der Waals surface area contributed by atoms with Crippen LogP contribution in [0.4, 0.5) is 0 Å². The van der Waals surface area contributed by atoms with Gasteiger partial charge in [0.1, 0.15) is 30.5 Å². The van der Waals surface area contributed by atoms with Crippen LogP contribution >= 0.6 is 0 Å². The average Bonchev–Trinajstić information content (AvgIpc) is 3.30. The third-order valence-corrected chi connectivity index (χ3v) is 11.3. The van der Waals surface area contributed by atoms with Crippen LogP contribution in [0.15, 0.2) is 85.1 Å². The van der Waals surface area contributed by atoms with Crippen LogP contribution in [-0.2, 0) is 23.7 Å². The molecule has 4 N–H and O–H groups in total. The second-order valence-corrected chi connectivity index (χ2v) is 17.2. The first-order valence-electron chi connectivity index (χ1n) is 25.7. The fraction of sp³-hybridized carbons (Fsp3) is 0.727. The predicted molar refractivity (Wildman–Crippen MR) is 265 cm³/mol. The number of aliphatic hydroxyl groups excluding tert-OH is 4. The SMILES string of the molecule is CC/C=C\C/C=C\C/C=C\C/C=C\C/C=C\C/C=C\C/C=C\CCCCCCOCC(COC1OC(CO)C(O)C(O)C1O)OC(=O)CCCCCCCCCCCCCCCCC. The number of allylic oxidation sites excluding steroid dienone is 14. The van der Waals surface area contributed by atoms with E-state index in [2.05, 4.69) is 98.9 Å². The van der Waals surface area contributed by atoms with Crippen molar-refractivity contribution in [1.29, 1.82) is 0 Å². The van der Waals surface area contributed by atoms with Crippen LogP contribution in [0.2, 0.25) is 0 Å². The van der Waals surface area contributed by atoms with Gasteiger partial charge < -0.3 is 39.4 Å². The summed E-state index contributed by atoms with van der Waals surface area (Å²) in [5.41, 5.74) is 0. The van der Waals surface area contributed by atoms with Crippen molar-refractivity contribution in [2.24, 2.45) is 0 Å². The third kappa shape index (κ3) is 35.6. The molecule has 0 aliphatic carbocycles. The van der Waals surface area contributed by atoms with Gasteiger partial charge in [-0.2, -0.15) is 0 Å². The molecule has 1 fully saturated rings. The van der Waals surface area contributed by atoms with Crippen molar-refractivity contribution < 1.29 is 44.2 Å². The van der Waals surface area contributed by atoms with Gasteiger partial charge in [-0.25, -0.2) is 0 Å². The number of unbranched alkanes of at least 4 members (excludes halogenated alkanes) is 18. The Kier molecular flexibility index (Phi) is 42.2. The number of carbonyl (C=O) groups excluding carboxylic acids is 1. The number of aliphatic hydroxyl groups is 4. The second kappa shape index (κ2) is 45.5. The average molecular weight is 899 g/mol. The quantitative estimate of drug-likeness (QED) is 0.0268. The lowest BCUT2D eigenvalue weighted by atomic mass is 9.99. The molecule has 0 spiro atoms. The van der Waals surface area contributed by atoms with E-state index in [0.29, 0.717) is 13.0 Å². The van der Waals surface area contributed by atoms with E-state index >= 15 is 0 Å². The lowest BCUT2D eigenvalue weighted by Gasteiger charge is -2.39. The minimum atomic E-state index is -1.55. The molecule has 6 unspecified atom stereocenters. The van der Waals surface area contributed by atoms with Gasteiger partial charge >= 0.3 is 5.97 Å². The van der Waals surface area contributed by atoms with Crippen molar-refractivity contribution in [2.45, 2.75) is 230 Å². The molecule has 1 rings (SSSR count). The highest BCUT2D eigenvalue weighted by atomic mass is 16.7. The number of carbonyl (C=O) groups is 1. The third-order valence-electron chi connectivity index (χ3n) is 11.3. The largest absolute Gasteiger partial charge is 0.457 e. The fourth-order valence-corrected chi connectivity index (χ4v) is 7.35. The Hall–Kier alpha value is -2.63. The summed E-state index contributed by atoms with van der Waals surface area (Å²) in [7, 11) is 0. The molecule has 0 bridgehead atoms. The number of rotatable bonds is 43. The Bertz CT molecular complexity index is 1250. The van der Waals surface area contributed by atoms with E-state index in [0.717, 1.165) is 96.3 Å². The van der Waals surface area contributed by atoms with E-state index in [1.807, 2.05) is 0 Å². The predicted octanol–water partition coefficient (Wildman–Crippen LogP) is 12.6. The zero-order valence-electron chi connectivity index (χ0n) is 40.5. The van der Waals surface area contributed by atoms with E-state index < -0.39 is 43.4 Å². The van der Waals surface area contributed by atoms with E-state index in [-0.39, 0.29) is 19.2 Å². The number of ether oxygens (including phenoxy) is 4. The molecule has 368 valence electrons. The van der Waals surface area contributed by atoms with Crippen LogP contribution in [0.5, 0.6) is 0 Å². The van der Waals surface area contributed by atoms with E-state index in [1.54, 1.807) is 0 Å². The van der Waals surface area contributed by atoms with Gasteiger partial charge in [0.25, 0.3) is 0 Å². The molecule has 64 heavy (non-hydrogen) atoms. The van der Waals surface area contributed by atoms with Gasteiger partial charge in [-0.1, -0.05) is 202 Å². The molecule has 1 saturated heterocycles. The molecule has 1 aliphatic heterocycles. The normalized spacial score (nSPS) is 20.2. The Morgan fingerprint density at radius 2 is 0.953 bits per heavy atom. The summed E-state index contributed by atoms with van der Waals surface area (Å²) in [5, 5.41) is 40.2. The molecular weight excluding hydrogens is 805 g/mol. The van der Waals surface area contributed by atoms with Crippen LogP contribution in [-0.4, -0.2) is 89.6 Å². The van der Waals surface area contributed by atoms with Crippen LogP contribution in [0.25, 0.3) is 0 Å². The summed E-state index contributed by atoms with van der Waals surface area (Å²) < 4.78 is 22.9. The van der Waals surface area contributed by atoms with Crippen molar-refractivity contribution in [1.82, 2.24) is 0 Å². The van der Waals surface area contributed by atoms with Crippen molar-refractivity contribution >= 4 is 5.97 Å². The lowest BCUT2D eigenvalue weighted by molar-refractivity contribution is -0.305. The Balaban J connectivity index is 2.23. The van der Waals surface area contributed by atoms with Gasteiger partial charge in [-0.3, -0.25) is 4.79 Å². The number of hydrogen-bond donors (Lipinski definition) is 4. The fourth-order valence-electron chi connectivity index (χ4n) is 7.35. The minimum absolute atomic E-state index is 0.124. The molecule has 9 heteroatoms. The minimum Gasteiger partial charge on any atom is -0.457 e. The molecule has 9 nitrogen and oxygen atoms in total. The zero-order chi connectivity index (χ0) is 46.4. The highest BCUT2D eigenvalue weighted by Crippen LogP contribution is 2.23. The first kappa shape index (κ1) is 59.4. The molecule has 0 radical (unpaired) electrons. The Morgan fingerprint density at radius 1 is 0.516 bits per heavy atom. The number of esters is 1. The van der Waals surface area contributed by atoms with Gasteiger partial charge in [0, 0.05) is 13.0 Å². The van der Waals surface area contributed by atoms with Gasteiger partial charge in [-0.05, 0) is 70.6 Å². The van der Waals surface area contributed by atoms with Gasteiger partial charge in [-0.15, -0.1) is 0 Å². The van der Waals surface area contributed by atoms with Crippen LogP contribution in [0, 0.1) is 0 Å². The van der Waals surface area contributed by atoms with Crippen LogP contribution in [0.3, 0.4) is 0 Å². The standard InChI is InChI=1S/C55H94O9/c1-3-5-7-9-11-13-15-17-19-20-21-22-23-24-25-26-27-28-29-31-33-35-37-39-41-43-45-61-47-49(48-62-55-54(60)53(59)52(58)50(46-56)64-55)63-51(57)44-42-40-38-36-34-32-30-18-16-14-12-10-8-6-4-2/h5,7,11,13,17,19,21-22,24-25,27-28,31,33,49-50,52-56,58-60H,3-4,6,8-10,12,14-16,18,20,23,26,29-30,32,34-48H2,1-2H3/b7-5-,13-11-,19-17-,22-21-,25-24-,28-27-,33-31-. The van der Waals surface area contributed by atoms with E-state index in [4.69, 9.17) is 18.9 Å². The van der Waals surface area contributed by atoms with Crippen LogP contribution in [0.1, 0.15) is 194 Å². The van der Waals surface area contributed by atoms with Crippen molar-refractivity contribution in [3.8, 4) is 0 Å². The van der Waals surface area contributed by atoms with Crippen LogP contribution < -0.4 is 0 Å². The highest BCUT2D eigenvalue weighted by Gasteiger charge is 2.44. The maximum Gasteiger partial charge on any atom is 0.306 e. The maximum absolute atomic E-state index is 12.8. The summed E-state index contributed by atoms with van der Waals surface area (Å²) in [4.78, 5) is 12.8. The Labute approximate surface area is 390 Å². The Morgan fingerprint density at radius 3 is 1.44 bits per heavy atom. The highest BCUT2D eigenvalue weighted by molar-refractivity contribution is 5.69. The lowest BCUT2D eigenvalue weighted by Crippen LogP contribution is -2.59. The summed E-state index contributed by atoms with van der Waals surface area (Å²) >= 11 is 0. The van der Waals surface area contributed by atoms with Gasteiger partial charge in [0.2, 0.25) is 0 Å². The number of hydrogen-bond acceptors (Lipinski definition) is 9. The first-order chi connectivity index (χ1) is 31.4. The van der Waals surface area contributed by atoms with Gasteiger partial charge in [0.15, 0.2) is 6.29 Å². The summed E-state index contributed by atoms with van der Waals surface area (Å²) in [6.07, 6.45) is 54.7. The molecule has 0 aromatic heterocycles. The van der Waals surface area contributed by atoms with E-state index in [1.165, 1.54) is 77.0 Å². The smallest absolute Gasteiger partial charge is 0.306 e. The molecule has 1 heterocycles. The summed E-state index contributed by atoms with van der Waals surface area (Å²) in [5.74, 6) is -0.324. The summed E-state index contributed by atoms with van der Waals surface area (Å²) in [6.45, 7) is 4.39. The molecule has 0 amide bonds. The second-order valence-electron chi connectivity index (χ2n) is 17.2. The van der Waals surface area contributed by atoms with Crippen molar-refractivity contribution in [2.75, 3.05) is 26.4 Å². The molecule has 1 aliphatic rings. The van der Waals surface area contributed by atoms with Crippen molar-refractivity contribution in [3.05, 3.63) is 85.1 Å². The van der Waals surface area contributed by atoms with E-state index in [9.17, 15) is 25.2 Å². The molecule has 0 aromatic carbocycles. The molecular formula is C55H94O9. The molecule has 0 aromatic rings. The zero-order valence-corrected chi connectivity index (χ0v) is 40.5. The summed E-state index contributed by atoms with van der Waals surface area (Å²) in [6, 6.07) is 0. The molecule has 6 atom stereocenters. The molecule has 0 saturated carbocycles.